The van der Waals surface area contributed by atoms with E-state index < -0.39 is 11.9 Å². The Morgan fingerprint density at radius 1 is 0.909 bits per heavy atom. The fourth-order valence-electron chi connectivity index (χ4n) is 5.97. The van der Waals surface area contributed by atoms with Crippen molar-refractivity contribution in [1.82, 2.24) is 9.80 Å². The quantitative estimate of drug-likeness (QED) is 0.301. The molecule has 0 aromatic heterocycles. The summed E-state index contributed by atoms with van der Waals surface area (Å²) in [6, 6.07) is 21.1. The van der Waals surface area contributed by atoms with Crippen LogP contribution in [0.5, 0.6) is 5.75 Å². The highest BCUT2D eigenvalue weighted by molar-refractivity contribution is 5.96. The largest absolute Gasteiger partial charge is 0.492 e. The number of ether oxygens (including phenoxy) is 2. The number of allylic oxidation sites excluding steroid dienone is 1. The molecule has 8 nitrogen and oxygen atoms in total. The zero-order chi connectivity index (χ0) is 31.2. The number of halogens is 1. The molecular formula is C35H38FN3O5. The minimum absolute atomic E-state index is 0.0481. The first-order valence-electron chi connectivity index (χ1n) is 15.1. The average Bonchev–Trinajstić information content (AvgIpc) is 3.03. The first kappa shape index (κ1) is 30.8. The minimum atomic E-state index is -0.537. The van der Waals surface area contributed by atoms with Gasteiger partial charge in [-0.1, -0.05) is 36.4 Å². The van der Waals surface area contributed by atoms with Crippen LogP contribution in [0.15, 0.2) is 84.1 Å². The molecule has 2 aliphatic rings. The summed E-state index contributed by atoms with van der Waals surface area (Å²) in [4.78, 5) is 45.7. The number of para-hydroxylation sites is 2. The third-order valence-electron chi connectivity index (χ3n) is 8.18. The number of esters is 1. The molecule has 2 aliphatic heterocycles. The molecule has 44 heavy (non-hydrogen) atoms. The van der Waals surface area contributed by atoms with E-state index in [1.807, 2.05) is 54.3 Å². The maximum Gasteiger partial charge on any atom is 0.336 e. The van der Waals surface area contributed by atoms with Crippen molar-refractivity contribution in [2.75, 3.05) is 44.3 Å². The van der Waals surface area contributed by atoms with Gasteiger partial charge in [-0.3, -0.25) is 9.59 Å². The van der Waals surface area contributed by atoms with Crippen LogP contribution in [-0.4, -0.2) is 67.0 Å². The molecule has 1 fully saturated rings. The van der Waals surface area contributed by atoms with Crippen LogP contribution in [0.3, 0.4) is 0 Å². The second-order valence-corrected chi connectivity index (χ2v) is 10.9. The van der Waals surface area contributed by atoms with Gasteiger partial charge in [0, 0.05) is 49.8 Å². The lowest BCUT2D eigenvalue weighted by Crippen LogP contribution is -2.48. The molecule has 2 heterocycles. The highest BCUT2D eigenvalue weighted by Crippen LogP contribution is 2.38. The third kappa shape index (κ3) is 6.61. The Labute approximate surface area is 257 Å². The predicted molar refractivity (Wildman–Crippen MR) is 166 cm³/mol. The van der Waals surface area contributed by atoms with E-state index in [1.165, 1.54) is 12.1 Å². The van der Waals surface area contributed by atoms with Crippen molar-refractivity contribution >= 4 is 23.5 Å². The molecule has 0 N–H and O–H groups in total. The normalized spacial score (nSPS) is 17.1. The molecule has 5 rings (SSSR count). The van der Waals surface area contributed by atoms with Crippen molar-refractivity contribution in [2.45, 2.75) is 39.7 Å². The van der Waals surface area contributed by atoms with Crippen molar-refractivity contribution in [1.29, 1.82) is 0 Å². The molecule has 1 saturated heterocycles. The number of nitrogens with zero attached hydrogens (tertiary/aromatic N) is 3. The summed E-state index contributed by atoms with van der Waals surface area (Å²) in [5, 5.41) is 0. The molecular weight excluding hydrogens is 561 g/mol. The molecule has 0 spiro atoms. The van der Waals surface area contributed by atoms with Gasteiger partial charge in [-0.05, 0) is 68.3 Å². The molecule has 0 aliphatic carbocycles. The zero-order valence-corrected chi connectivity index (χ0v) is 25.4. The van der Waals surface area contributed by atoms with Crippen LogP contribution in [0.4, 0.5) is 10.1 Å². The zero-order valence-electron chi connectivity index (χ0n) is 25.4. The standard InChI is InChI=1S/C35H38FN3O5/c1-4-43-31-12-7-6-11-30(31)37-17-19-38(20-18-37)34(41)27-10-8-9-25(21-27)23-39-24(3)33(35(42)44-5-2)29(22-32(39)40)26-13-15-28(36)16-14-26/h6-16,21,29H,4-5,17-20,22-23H2,1-3H3. The Hall–Kier alpha value is -4.66. The van der Waals surface area contributed by atoms with Gasteiger partial charge in [0.05, 0.1) is 31.0 Å². The molecule has 2 amide bonds. The van der Waals surface area contributed by atoms with Gasteiger partial charge in [-0.25, -0.2) is 9.18 Å². The number of amides is 2. The van der Waals surface area contributed by atoms with Crippen LogP contribution < -0.4 is 9.64 Å². The Kier molecular flexibility index (Phi) is 9.62. The fraction of sp³-hybridized carbons (Fsp3) is 0.343. The number of hydrogen-bond donors (Lipinski definition) is 0. The maximum atomic E-state index is 13.6. The fourth-order valence-corrected chi connectivity index (χ4v) is 5.97. The Morgan fingerprint density at radius 2 is 1.64 bits per heavy atom. The molecule has 230 valence electrons. The molecule has 0 saturated carbocycles. The Morgan fingerprint density at radius 3 is 2.34 bits per heavy atom. The Bertz CT molecular complexity index is 1550. The lowest BCUT2D eigenvalue weighted by atomic mass is 9.83. The van der Waals surface area contributed by atoms with Gasteiger partial charge in [-0.2, -0.15) is 0 Å². The number of piperazine rings is 1. The van der Waals surface area contributed by atoms with Crippen LogP contribution in [0, 0.1) is 5.82 Å². The number of carbonyl (C=O) groups is 3. The van der Waals surface area contributed by atoms with Crippen molar-refractivity contribution < 1.29 is 28.2 Å². The lowest BCUT2D eigenvalue weighted by molar-refractivity contribution is -0.140. The molecule has 3 aromatic carbocycles. The van der Waals surface area contributed by atoms with E-state index in [-0.39, 0.29) is 37.2 Å². The minimum Gasteiger partial charge on any atom is -0.492 e. The SMILES string of the molecule is CCOC(=O)C1=C(C)N(Cc2cccc(C(=O)N3CCN(c4ccccc4OCC)CC3)c2)C(=O)CC1c1ccc(F)cc1. The number of benzene rings is 3. The molecule has 0 radical (unpaired) electrons. The van der Waals surface area contributed by atoms with E-state index in [0.717, 1.165) is 17.0 Å². The van der Waals surface area contributed by atoms with E-state index in [4.69, 9.17) is 9.47 Å². The van der Waals surface area contributed by atoms with Gasteiger partial charge < -0.3 is 24.2 Å². The molecule has 0 bridgehead atoms. The van der Waals surface area contributed by atoms with Crippen LogP contribution in [0.2, 0.25) is 0 Å². The van der Waals surface area contributed by atoms with Crippen molar-refractivity contribution in [3.8, 4) is 5.75 Å². The maximum absolute atomic E-state index is 13.6. The topological polar surface area (TPSA) is 79.4 Å². The summed E-state index contributed by atoms with van der Waals surface area (Å²) >= 11 is 0. The Balaban J connectivity index is 1.32. The van der Waals surface area contributed by atoms with Crippen LogP contribution in [0.1, 0.15) is 54.6 Å². The van der Waals surface area contributed by atoms with Gasteiger partial charge >= 0.3 is 5.97 Å². The van der Waals surface area contributed by atoms with E-state index in [9.17, 15) is 18.8 Å². The summed E-state index contributed by atoms with van der Waals surface area (Å²) in [6.07, 6.45) is 0.0481. The van der Waals surface area contributed by atoms with Gasteiger partial charge in [0.1, 0.15) is 11.6 Å². The van der Waals surface area contributed by atoms with Crippen molar-refractivity contribution in [3.05, 3.63) is 107 Å². The summed E-state index contributed by atoms with van der Waals surface area (Å²) < 4.78 is 24.8. The second-order valence-electron chi connectivity index (χ2n) is 10.9. The van der Waals surface area contributed by atoms with Crippen LogP contribution in [-0.2, 0) is 20.9 Å². The van der Waals surface area contributed by atoms with Gasteiger partial charge in [0.2, 0.25) is 5.91 Å². The number of rotatable bonds is 9. The summed E-state index contributed by atoms with van der Waals surface area (Å²) in [5.74, 6) is -0.807. The molecule has 3 aromatic rings. The molecule has 1 unspecified atom stereocenters. The van der Waals surface area contributed by atoms with Crippen molar-refractivity contribution in [3.63, 3.8) is 0 Å². The van der Waals surface area contributed by atoms with Crippen LogP contribution in [0.25, 0.3) is 0 Å². The van der Waals surface area contributed by atoms with E-state index in [0.29, 0.717) is 55.2 Å². The van der Waals surface area contributed by atoms with E-state index >= 15 is 0 Å². The monoisotopic (exact) mass is 599 g/mol. The second kappa shape index (κ2) is 13.8. The predicted octanol–water partition coefficient (Wildman–Crippen LogP) is 5.54. The molecule has 9 heteroatoms. The van der Waals surface area contributed by atoms with Gasteiger partial charge in [-0.15, -0.1) is 0 Å². The molecule has 1 atom stereocenters. The smallest absolute Gasteiger partial charge is 0.336 e. The van der Waals surface area contributed by atoms with E-state index in [2.05, 4.69) is 4.90 Å². The first-order valence-corrected chi connectivity index (χ1v) is 15.1. The van der Waals surface area contributed by atoms with Gasteiger partial charge in [0.25, 0.3) is 5.91 Å². The van der Waals surface area contributed by atoms with Crippen molar-refractivity contribution in [2.24, 2.45) is 0 Å². The van der Waals surface area contributed by atoms with Gasteiger partial charge in [0.15, 0.2) is 0 Å². The highest BCUT2D eigenvalue weighted by atomic mass is 19.1. The summed E-state index contributed by atoms with van der Waals surface area (Å²) in [6.45, 7) is 8.93. The number of hydrogen-bond acceptors (Lipinski definition) is 6. The lowest BCUT2D eigenvalue weighted by Gasteiger charge is -2.37. The highest BCUT2D eigenvalue weighted by Gasteiger charge is 2.37. The number of carbonyl (C=O) groups excluding carboxylic acids is 3. The first-order chi connectivity index (χ1) is 21.3. The summed E-state index contributed by atoms with van der Waals surface area (Å²) in [5.41, 5.74) is 3.91. The van der Waals surface area contributed by atoms with Crippen LogP contribution >= 0.6 is 0 Å². The third-order valence-corrected chi connectivity index (χ3v) is 8.18. The van der Waals surface area contributed by atoms with E-state index in [1.54, 1.807) is 36.9 Å². The average molecular weight is 600 g/mol. The number of anilines is 1. The summed E-state index contributed by atoms with van der Waals surface area (Å²) in [7, 11) is 0.